The number of ether oxygens (including phenoxy) is 1. The van der Waals surface area contributed by atoms with E-state index in [1.54, 1.807) is 12.1 Å². The number of anilines is 1. The van der Waals surface area contributed by atoms with Crippen molar-refractivity contribution < 1.29 is 13.9 Å². The van der Waals surface area contributed by atoms with E-state index in [2.05, 4.69) is 5.32 Å². The molecular weight excluding hydrogens is 356 g/mol. The van der Waals surface area contributed by atoms with Gasteiger partial charge in [0.05, 0.1) is 18.9 Å². The van der Waals surface area contributed by atoms with Gasteiger partial charge in [0, 0.05) is 45.2 Å². The molecule has 2 aliphatic rings. The van der Waals surface area contributed by atoms with Crippen LogP contribution in [0.1, 0.15) is 6.42 Å². The number of piperazine rings is 1. The number of amides is 1. The van der Waals surface area contributed by atoms with Crippen LogP contribution >= 0.6 is 24.8 Å². The molecule has 0 bridgehead atoms. The largest absolute Gasteiger partial charge is 0.378 e. The summed E-state index contributed by atoms with van der Waals surface area (Å²) in [5, 5.41) is 3.30. The van der Waals surface area contributed by atoms with Crippen LogP contribution < -0.4 is 10.2 Å². The third kappa shape index (κ3) is 5.21. The molecule has 24 heavy (non-hydrogen) atoms. The number of rotatable bonds is 3. The fraction of sp³-hybridized carbons (Fsp3) is 0.562. The van der Waals surface area contributed by atoms with Gasteiger partial charge in [-0.05, 0) is 12.1 Å². The first-order chi connectivity index (χ1) is 10.7. The second kappa shape index (κ2) is 10.0. The highest BCUT2D eigenvalue weighted by Crippen LogP contribution is 2.20. The molecule has 1 aromatic carbocycles. The molecule has 136 valence electrons. The first kappa shape index (κ1) is 21.0. The lowest BCUT2D eigenvalue weighted by Crippen LogP contribution is -2.51. The number of halogens is 3. The lowest BCUT2D eigenvalue weighted by molar-refractivity contribution is -0.132. The smallest absolute Gasteiger partial charge is 0.224 e. The average Bonchev–Trinajstić information content (AvgIpc) is 2.56. The maximum absolute atomic E-state index is 13.8. The molecule has 1 aromatic rings. The van der Waals surface area contributed by atoms with Crippen LogP contribution in [-0.2, 0) is 9.53 Å². The van der Waals surface area contributed by atoms with Crippen molar-refractivity contribution in [3.8, 4) is 0 Å². The van der Waals surface area contributed by atoms with Crippen LogP contribution in [0.15, 0.2) is 24.3 Å². The van der Waals surface area contributed by atoms with Crippen molar-refractivity contribution in [2.45, 2.75) is 12.5 Å². The van der Waals surface area contributed by atoms with Crippen molar-refractivity contribution in [1.29, 1.82) is 0 Å². The molecule has 2 fully saturated rings. The molecule has 2 heterocycles. The zero-order valence-electron chi connectivity index (χ0n) is 13.4. The summed E-state index contributed by atoms with van der Waals surface area (Å²) < 4.78 is 19.2. The number of morpholine rings is 1. The molecular formula is C16H24Cl2FN3O2. The summed E-state index contributed by atoms with van der Waals surface area (Å²) in [7, 11) is 0. The van der Waals surface area contributed by atoms with Crippen LogP contribution in [0.2, 0.25) is 0 Å². The minimum atomic E-state index is -0.203. The Morgan fingerprint density at radius 3 is 2.54 bits per heavy atom. The number of benzene rings is 1. The summed E-state index contributed by atoms with van der Waals surface area (Å²) in [5.41, 5.74) is 0.622. The van der Waals surface area contributed by atoms with Crippen LogP contribution in [-0.4, -0.2) is 62.8 Å². The minimum absolute atomic E-state index is 0. The molecule has 3 rings (SSSR count). The van der Waals surface area contributed by atoms with Crippen molar-refractivity contribution in [1.82, 2.24) is 10.2 Å². The predicted octanol–water partition coefficient (Wildman–Crippen LogP) is 1.70. The van der Waals surface area contributed by atoms with Crippen molar-refractivity contribution in [2.75, 3.05) is 50.8 Å². The molecule has 2 aliphatic heterocycles. The maximum atomic E-state index is 13.8. The molecule has 8 heteroatoms. The average molecular weight is 380 g/mol. The summed E-state index contributed by atoms with van der Waals surface area (Å²) in [5.74, 6) is -0.0537. The van der Waals surface area contributed by atoms with Gasteiger partial charge in [0.25, 0.3) is 0 Å². The number of carbonyl (C=O) groups is 1. The summed E-state index contributed by atoms with van der Waals surface area (Å²) in [6.07, 6.45) is 0.472. The maximum Gasteiger partial charge on any atom is 0.224 e. The van der Waals surface area contributed by atoms with Gasteiger partial charge >= 0.3 is 0 Å². The van der Waals surface area contributed by atoms with Gasteiger partial charge in [0.2, 0.25) is 5.91 Å². The first-order valence-electron chi connectivity index (χ1n) is 7.82. The van der Waals surface area contributed by atoms with Gasteiger partial charge in [-0.2, -0.15) is 0 Å². The first-order valence-corrected chi connectivity index (χ1v) is 7.82. The molecule has 0 aromatic heterocycles. The second-order valence-corrected chi connectivity index (χ2v) is 5.75. The van der Waals surface area contributed by atoms with Crippen molar-refractivity contribution in [2.24, 2.45) is 0 Å². The quantitative estimate of drug-likeness (QED) is 0.867. The zero-order valence-corrected chi connectivity index (χ0v) is 15.1. The third-order valence-electron chi connectivity index (χ3n) is 4.24. The summed E-state index contributed by atoms with van der Waals surface area (Å²) in [6.45, 7) is 4.73. The van der Waals surface area contributed by atoms with Crippen molar-refractivity contribution in [3.05, 3.63) is 30.1 Å². The Balaban J connectivity index is 0.00000144. The van der Waals surface area contributed by atoms with E-state index < -0.39 is 0 Å². The Morgan fingerprint density at radius 1 is 1.21 bits per heavy atom. The van der Waals surface area contributed by atoms with Crippen LogP contribution in [0, 0.1) is 5.82 Å². The molecule has 0 saturated carbocycles. The number of carbonyl (C=O) groups excluding carboxylic acids is 1. The van der Waals surface area contributed by atoms with Gasteiger partial charge in [-0.3, -0.25) is 4.79 Å². The van der Waals surface area contributed by atoms with Gasteiger partial charge in [0.1, 0.15) is 5.82 Å². The minimum Gasteiger partial charge on any atom is -0.378 e. The van der Waals surface area contributed by atoms with Crippen LogP contribution in [0.25, 0.3) is 0 Å². The van der Waals surface area contributed by atoms with E-state index in [1.807, 2.05) is 15.9 Å². The Bertz CT molecular complexity index is 522. The fourth-order valence-corrected chi connectivity index (χ4v) is 3.00. The Kier molecular flexibility index (Phi) is 8.76. The van der Waals surface area contributed by atoms with Gasteiger partial charge in [-0.25, -0.2) is 4.39 Å². The topological polar surface area (TPSA) is 44.8 Å². The Hall–Kier alpha value is -1.08. The zero-order chi connectivity index (χ0) is 15.4. The van der Waals surface area contributed by atoms with Gasteiger partial charge in [-0.15, -0.1) is 24.8 Å². The van der Waals surface area contributed by atoms with Gasteiger partial charge in [0.15, 0.2) is 0 Å². The van der Waals surface area contributed by atoms with E-state index in [0.717, 1.165) is 6.54 Å². The summed E-state index contributed by atoms with van der Waals surface area (Å²) in [6, 6.07) is 6.91. The molecule has 5 nitrogen and oxygen atoms in total. The highest BCUT2D eigenvalue weighted by Gasteiger charge is 2.25. The van der Waals surface area contributed by atoms with Gasteiger partial charge < -0.3 is 19.9 Å². The van der Waals surface area contributed by atoms with Crippen molar-refractivity contribution in [3.63, 3.8) is 0 Å². The standard InChI is InChI=1S/C16H22FN3O2.2ClH/c17-14-3-1-2-4-15(14)19-6-8-20(9-7-19)16(21)11-13-12-22-10-5-18-13;;/h1-4,13,18H,5-12H2;2*1H. The highest BCUT2D eigenvalue weighted by atomic mass is 35.5. The Morgan fingerprint density at radius 2 is 1.92 bits per heavy atom. The number of nitrogens with zero attached hydrogens (tertiary/aromatic N) is 2. The van der Waals surface area contributed by atoms with E-state index in [0.29, 0.717) is 51.5 Å². The highest BCUT2D eigenvalue weighted by molar-refractivity contribution is 5.85. The Labute approximate surface area is 154 Å². The molecule has 1 N–H and O–H groups in total. The molecule has 1 atom stereocenters. The molecule has 0 radical (unpaired) electrons. The number of nitrogens with one attached hydrogen (secondary N) is 1. The van der Waals surface area contributed by atoms with E-state index in [4.69, 9.17) is 4.74 Å². The third-order valence-corrected chi connectivity index (χ3v) is 4.24. The van der Waals surface area contributed by atoms with Crippen LogP contribution in [0.4, 0.5) is 10.1 Å². The van der Waals surface area contributed by atoms with Crippen molar-refractivity contribution >= 4 is 36.4 Å². The number of para-hydroxylation sites is 1. The number of hydrogen-bond donors (Lipinski definition) is 1. The lowest BCUT2D eigenvalue weighted by Gasteiger charge is -2.37. The van der Waals surface area contributed by atoms with E-state index >= 15 is 0 Å². The SMILES string of the molecule is Cl.Cl.O=C(CC1COCCN1)N1CCN(c2ccccc2F)CC1. The van der Waals surface area contributed by atoms with Gasteiger partial charge in [-0.1, -0.05) is 12.1 Å². The van der Waals surface area contributed by atoms with Crippen LogP contribution in [0.3, 0.4) is 0 Å². The summed E-state index contributed by atoms with van der Waals surface area (Å²) in [4.78, 5) is 16.2. The lowest BCUT2D eigenvalue weighted by atomic mass is 10.1. The fourth-order valence-electron chi connectivity index (χ4n) is 3.00. The molecule has 1 amide bonds. The number of hydrogen-bond acceptors (Lipinski definition) is 4. The predicted molar refractivity (Wildman–Crippen MR) is 96.9 cm³/mol. The molecule has 0 spiro atoms. The molecule has 1 unspecified atom stereocenters. The second-order valence-electron chi connectivity index (χ2n) is 5.75. The normalized spacial score (nSPS) is 20.8. The summed E-state index contributed by atoms with van der Waals surface area (Å²) >= 11 is 0. The van der Waals surface area contributed by atoms with E-state index in [1.165, 1.54) is 6.07 Å². The molecule has 0 aliphatic carbocycles. The van der Waals surface area contributed by atoms with Crippen LogP contribution in [0.5, 0.6) is 0 Å². The monoisotopic (exact) mass is 379 g/mol. The van der Waals surface area contributed by atoms with E-state index in [9.17, 15) is 9.18 Å². The van der Waals surface area contributed by atoms with E-state index in [-0.39, 0.29) is 42.6 Å². The molecule has 2 saturated heterocycles.